The number of imidazole rings is 1. The quantitative estimate of drug-likeness (QED) is 0.827. The Labute approximate surface area is 116 Å². The number of aryl methyl sites for hydroxylation is 1. The number of carbonyl (C=O) groups is 1. The number of nitrogens with one attached hydrogen (secondary N) is 2. The fourth-order valence-corrected chi connectivity index (χ4v) is 1.87. The van der Waals surface area contributed by atoms with Crippen LogP contribution in [0.5, 0.6) is 0 Å². The maximum Gasteiger partial charge on any atom is 0.274 e. The van der Waals surface area contributed by atoms with Gasteiger partial charge in [0.15, 0.2) is 0 Å². The van der Waals surface area contributed by atoms with Crippen molar-refractivity contribution in [3.63, 3.8) is 0 Å². The van der Waals surface area contributed by atoms with Crippen molar-refractivity contribution in [1.29, 1.82) is 0 Å². The van der Waals surface area contributed by atoms with Gasteiger partial charge in [-0.15, -0.1) is 0 Å². The lowest BCUT2D eigenvalue weighted by Gasteiger charge is -2.07. The summed E-state index contributed by atoms with van der Waals surface area (Å²) in [5.74, 6) is -1.04. The number of hydrogen-bond donors (Lipinski definition) is 2. The van der Waals surface area contributed by atoms with Gasteiger partial charge < -0.3 is 10.3 Å². The molecule has 0 radical (unpaired) electrons. The summed E-state index contributed by atoms with van der Waals surface area (Å²) in [5, 5.41) is 2.74. The van der Waals surface area contributed by atoms with Crippen molar-refractivity contribution in [3.05, 3.63) is 45.2 Å². The number of H-pyrrole nitrogens is 1. The normalized spacial score (nSPS) is 10.4. The fraction of sp³-hybridized carbons (Fsp3) is 0.0909. The van der Waals surface area contributed by atoms with Crippen LogP contribution in [0.15, 0.2) is 22.9 Å². The van der Waals surface area contributed by atoms with E-state index in [-0.39, 0.29) is 11.4 Å². The lowest BCUT2D eigenvalue weighted by Crippen LogP contribution is -2.14. The van der Waals surface area contributed by atoms with Crippen LogP contribution >= 0.6 is 27.5 Å². The summed E-state index contributed by atoms with van der Waals surface area (Å²) in [7, 11) is 0. The summed E-state index contributed by atoms with van der Waals surface area (Å²) < 4.78 is 14.0. The highest BCUT2D eigenvalue weighted by molar-refractivity contribution is 9.10. The molecule has 0 fully saturated rings. The van der Waals surface area contributed by atoms with Crippen molar-refractivity contribution in [3.8, 4) is 0 Å². The molecule has 0 atom stereocenters. The highest BCUT2D eigenvalue weighted by atomic mass is 79.9. The molecule has 0 unspecified atom stereocenters. The molecule has 2 rings (SSSR count). The average molecular weight is 333 g/mol. The molecule has 94 valence electrons. The Morgan fingerprint density at radius 2 is 2.28 bits per heavy atom. The van der Waals surface area contributed by atoms with E-state index in [1.165, 1.54) is 18.5 Å². The zero-order valence-electron chi connectivity index (χ0n) is 9.22. The summed E-state index contributed by atoms with van der Waals surface area (Å²) in [6.07, 6.45) is 1.40. The standard InChI is InChI=1S/C11H8BrClFN3O/c1-5-10(16-4-15-5)11(18)17-9-3-7(13)6(12)2-8(9)14/h2-4H,1H3,(H,15,16)(H,17,18). The fourth-order valence-electron chi connectivity index (χ4n) is 1.40. The SMILES string of the molecule is Cc1nc[nH]c1C(=O)Nc1cc(Cl)c(Br)cc1F. The minimum atomic E-state index is -0.572. The zero-order valence-corrected chi connectivity index (χ0v) is 11.6. The van der Waals surface area contributed by atoms with Crippen molar-refractivity contribution >= 4 is 39.1 Å². The molecule has 0 saturated heterocycles. The predicted molar refractivity (Wildman–Crippen MR) is 70.4 cm³/mol. The summed E-state index contributed by atoms with van der Waals surface area (Å²) in [5.41, 5.74) is 0.840. The summed E-state index contributed by atoms with van der Waals surface area (Å²) in [6.45, 7) is 1.68. The second-order valence-corrected chi connectivity index (χ2v) is 4.82. The van der Waals surface area contributed by atoms with Crippen LogP contribution in [-0.2, 0) is 0 Å². The van der Waals surface area contributed by atoms with Crippen LogP contribution in [0.3, 0.4) is 0 Å². The first kappa shape index (κ1) is 13.0. The van der Waals surface area contributed by atoms with Crippen LogP contribution in [0, 0.1) is 12.7 Å². The second-order valence-electron chi connectivity index (χ2n) is 3.56. The number of benzene rings is 1. The van der Waals surface area contributed by atoms with Crippen molar-refractivity contribution < 1.29 is 9.18 Å². The van der Waals surface area contributed by atoms with E-state index in [1.807, 2.05) is 0 Å². The first-order valence-electron chi connectivity index (χ1n) is 4.95. The van der Waals surface area contributed by atoms with Gasteiger partial charge in [0, 0.05) is 4.47 Å². The molecule has 1 aromatic heterocycles. The van der Waals surface area contributed by atoms with E-state index in [2.05, 4.69) is 31.2 Å². The lowest BCUT2D eigenvalue weighted by atomic mass is 10.2. The molecule has 1 heterocycles. The van der Waals surface area contributed by atoms with Gasteiger partial charge in [-0.2, -0.15) is 0 Å². The highest BCUT2D eigenvalue weighted by Crippen LogP contribution is 2.28. The Balaban J connectivity index is 2.28. The molecular weight excluding hydrogens is 324 g/mol. The minimum absolute atomic E-state index is 0.0159. The Kier molecular flexibility index (Phi) is 3.68. The topological polar surface area (TPSA) is 57.8 Å². The van der Waals surface area contributed by atoms with Crippen LogP contribution in [-0.4, -0.2) is 15.9 Å². The van der Waals surface area contributed by atoms with E-state index in [9.17, 15) is 9.18 Å². The smallest absolute Gasteiger partial charge is 0.274 e. The predicted octanol–water partition coefficient (Wildman–Crippen LogP) is 3.53. The largest absolute Gasteiger partial charge is 0.340 e. The summed E-state index contributed by atoms with van der Waals surface area (Å²) in [6, 6.07) is 2.53. The Morgan fingerprint density at radius 3 is 2.89 bits per heavy atom. The molecule has 2 N–H and O–H groups in total. The van der Waals surface area contributed by atoms with Gasteiger partial charge in [0.05, 0.1) is 22.7 Å². The van der Waals surface area contributed by atoms with Gasteiger partial charge in [0.1, 0.15) is 11.5 Å². The first-order valence-corrected chi connectivity index (χ1v) is 6.12. The van der Waals surface area contributed by atoms with Crippen molar-refractivity contribution in [2.45, 2.75) is 6.92 Å². The number of aromatic nitrogens is 2. The number of nitrogens with zero attached hydrogens (tertiary/aromatic N) is 1. The van der Waals surface area contributed by atoms with Gasteiger partial charge in [-0.3, -0.25) is 4.79 Å². The van der Waals surface area contributed by atoms with Crippen molar-refractivity contribution in [2.24, 2.45) is 0 Å². The molecule has 0 aliphatic carbocycles. The number of amides is 1. The van der Waals surface area contributed by atoms with Crippen LogP contribution in [0.2, 0.25) is 5.02 Å². The third-order valence-corrected chi connectivity index (χ3v) is 3.51. The van der Waals surface area contributed by atoms with E-state index < -0.39 is 11.7 Å². The number of aromatic amines is 1. The third-order valence-electron chi connectivity index (χ3n) is 2.31. The van der Waals surface area contributed by atoms with Gasteiger partial charge in [-0.1, -0.05) is 11.6 Å². The molecule has 7 heteroatoms. The zero-order chi connectivity index (χ0) is 13.3. The Bertz CT molecular complexity index is 614. The monoisotopic (exact) mass is 331 g/mol. The maximum absolute atomic E-state index is 13.6. The van der Waals surface area contributed by atoms with E-state index in [0.29, 0.717) is 15.2 Å². The van der Waals surface area contributed by atoms with Crippen LogP contribution in [0.25, 0.3) is 0 Å². The number of rotatable bonds is 2. The van der Waals surface area contributed by atoms with E-state index >= 15 is 0 Å². The van der Waals surface area contributed by atoms with E-state index in [0.717, 1.165) is 0 Å². The molecule has 0 bridgehead atoms. The van der Waals surface area contributed by atoms with Gasteiger partial charge in [-0.25, -0.2) is 9.37 Å². The van der Waals surface area contributed by atoms with Gasteiger partial charge >= 0.3 is 0 Å². The molecule has 18 heavy (non-hydrogen) atoms. The number of carbonyl (C=O) groups excluding carboxylic acids is 1. The highest BCUT2D eigenvalue weighted by Gasteiger charge is 2.14. The molecule has 0 aliphatic heterocycles. The Hall–Kier alpha value is -1.40. The molecule has 2 aromatic rings. The molecule has 0 saturated carbocycles. The molecule has 0 spiro atoms. The first-order chi connectivity index (χ1) is 8.49. The van der Waals surface area contributed by atoms with Gasteiger partial charge in [-0.05, 0) is 35.0 Å². The second kappa shape index (κ2) is 5.07. The van der Waals surface area contributed by atoms with Crippen molar-refractivity contribution in [1.82, 2.24) is 9.97 Å². The number of hydrogen-bond acceptors (Lipinski definition) is 2. The van der Waals surface area contributed by atoms with Gasteiger partial charge in [0.2, 0.25) is 0 Å². The van der Waals surface area contributed by atoms with E-state index in [1.54, 1.807) is 6.92 Å². The Morgan fingerprint density at radius 1 is 1.56 bits per heavy atom. The summed E-state index contributed by atoms with van der Waals surface area (Å²) in [4.78, 5) is 18.4. The average Bonchev–Trinajstić information content (AvgIpc) is 2.72. The number of halogens is 3. The third kappa shape index (κ3) is 2.54. The molecule has 1 amide bonds. The molecule has 1 aromatic carbocycles. The van der Waals surface area contributed by atoms with Gasteiger partial charge in [0.25, 0.3) is 5.91 Å². The van der Waals surface area contributed by atoms with Crippen LogP contribution < -0.4 is 5.32 Å². The van der Waals surface area contributed by atoms with Crippen LogP contribution in [0.4, 0.5) is 10.1 Å². The lowest BCUT2D eigenvalue weighted by molar-refractivity contribution is 0.102. The molecule has 4 nitrogen and oxygen atoms in total. The van der Waals surface area contributed by atoms with Crippen molar-refractivity contribution in [2.75, 3.05) is 5.32 Å². The summed E-state index contributed by atoms with van der Waals surface area (Å²) >= 11 is 8.94. The molecule has 0 aliphatic rings. The molecular formula is C11H8BrClFN3O. The number of anilines is 1. The van der Waals surface area contributed by atoms with Crippen LogP contribution in [0.1, 0.15) is 16.2 Å². The maximum atomic E-state index is 13.6. The minimum Gasteiger partial charge on any atom is -0.340 e. The van der Waals surface area contributed by atoms with E-state index in [4.69, 9.17) is 11.6 Å².